The van der Waals surface area contributed by atoms with Gasteiger partial charge in [0, 0.05) is 0 Å². The van der Waals surface area contributed by atoms with E-state index in [-0.39, 0.29) is 0 Å². The average molecular weight is 647 g/mol. The molecule has 7 rings (SSSR count). The van der Waals surface area contributed by atoms with Crippen LogP contribution in [0.5, 0.6) is 0 Å². The van der Waals surface area contributed by atoms with E-state index in [0.717, 1.165) is 0 Å². The summed E-state index contributed by atoms with van der Waals surface area (Å²) in [6.45, 7) is 6.08. The van der Waals surface area contributed by atoms with Crippen LogP contribution >= 0.6 is 15.8 Å². The first-order chi connectivity index (χ1) is 23.3. The van der Waals surface area contributed by atoms with E-state index in [9.17, 15) is 0 Å². The largest absolute Gasteiger partial charge is 0.0683 e. The minimum absolute atomic E-state index is 0.446. The van der Waals surface area contributed by atoms with Crippen molar-refractivity contribution in [1.82, 2.24) is 0 Å². The van der Waals surface area contributed by atoms with Crippen molar-refractivity contribution < 1.29 is 0 Å². The fourth-order valence-corrected chi connectivity index (χ4v) is 9.50. The Morgan fingerprint density at radius 2 is 0.383 bits per heavy atom. The molecule has 0 unspecified atom stereocenters. The molecule has 234 valence electrons. The van der Waals surface area contributed by atoms with Crippen molar-refractivity contribution in [1.29, 1.82) is 0 Å². The number of rotatable bonds is 6. The minimum Gasteiger partial charge on any atom is -0.0683 e. The molecule has 47 heavy (non-hydrogen) atoms. The lowest BCUT2D eigenvalue weighted by molar-refractivity contribution is 1.48. The molecule has 0 spiro atoms. The molecular weight excluding hydrogens is 602 g/mol. The SMILES string of the molecule is CC.Cc1ccccc1.c1ccc(P(c2ccccc2)c2ccccc2)cc1.c1ccc(P(c2ccccc2)c2ccccc2)cc1. The molecule has 0 aliphatic heterocycles. The van der Waals surface area contributed by atoms with Crippen LogP contribution in [0.3, 0.4) is 0 Å². The third kappa shape index (κ3) is 11.3. The number of hydrogen-bond acceptors (Lipinski definition) is 0. The first kappa shape index (κ1) is 35.3. The molecule has 7 aromatic carbocycles. The van der Waals surface area contributed by atoms with Gasteiger partial charge in [0.15, 0.2) is 0 Å². The van der Waals surface area contributed by atoms with Crippen molar-refractivity contribution in [2.45, 2.75) is 20.8 Å². The van der Waals surface area contributed by atoms with Crippen LogP contribution in [0.4, 0.5) is 0 Å². The van der Waals surface area contributed by atoms with Gasteiger partial charge in [-0.2, -0.15) is 0 Å². The first-order valence-corrected chi connectivity index (χ1v) is 18.9. The van der Waals surface area contributed by atoms with Gasteiger partial charge in [-0.1, -0.05) is 232 Å². The normalized spacial score (nSPS) is 9.98. The Hall–Kier alpha value is -4.60. The Morgan fingerprint density at radius 3 is 0.511 bits per heavy atom. The summed E-state index contributed by atoms with van der Waals surface area (Å²) in [5.41, 5.74) is 1.32. The van der Waals surface area contributed by atoms with Gasteiger partial charge in [0.2, 0.25) is 0 Å². The molecule has 7 aromatic rings. The molecular formula is C45H44P2. The van der Waals surface area contributed by atoms with Gasteiger partial charge in [0.25, 0.3) is 0 Å². The summed E-state index contributed by atoms with van der Waals surface area (Å²) < 4.78 is 0. The maximum atomic E-state index is 2.23. The molecule has 0 aromatic heterocycles. The predicted molar refractivity (Wildman–Crippen MR) is 213 cm³/mol. The van der Waals surface area contributed by atoms with Gasteiger partial charge in [-0.05, 0) is 54.6 Å². The molecule has 0 saturated heterocycles. The van der Waals surface area contributed by atoms with E-state index in [4.69, 9.17) is 0 Å². The fraction of sp³-hybridized carbons (Fsp3) is 0.0667. The summed E-state index contributed by atoms with van der Waals surface area (Å²) in [5, 5.41) is 8.39. The van der Waals surface area contributed by atoms with E-state index < -0.39 is 15.8 Å². The zero-order valence-electron chi connectivity index (χ0n) is 27.6. The smallest absolute Gasteiger partial charge is 0.0134 e. The second kappa shape index (κ2) is 20.5. The number of aryl methyl sites for hydroxylation is 1. The fourth-order valence-electron chi connectivity index (χ4n) is 4.89. The van der Waals surface area contributed by atoms with Crippen LogP contribution in [0.25, 0.3) is 0 Å². The Bertz CT molecular complexity index is 1450. The zero-order chi connectivity index (χ0) is 32.9. The summed E-state index contributed by atoms with van der Waals surface area (Å²) in [6.07, 6.45) is 0. The lowest BCUT2D eigenvalue weighted by Gasteiger charge is -2.18. The minimum atomic E-state index is -0.446. The number of benzene rings is 7. The quantitative estimate of drug-likeness (QED) is 0.158. The van der Waals surface area contributed by atoms with E-state index in [1.165, 1.54) is 37.4 Å². The Labute approximate surface area is 285 Å². The third-order valence-electron chi connectivity index (χ3n) is 7.03. The lowest BCUT2D eigenvalue weighted by Crippen LogP contribution is -2.20. The Kier molecular flexibility index (Phi) is 15.4. The van der Waals surface area contributed by atoms with Crippen LogP contribution in [0, 0.1) is 6.92 Å². The van der Waals surface area contributed by atoms with Crippen molar-refractivity contribution in [2.75, 3.05) is 0 Å². The molecule has 2 heteroatoms. The van der Waals surface area contributed by atoms with Crippen molar-refractivity contribution in [3.8, 4) is 0 Å². The number of hydrogen-bond donors (Lipinski definition) is 0. The molecule has 0 aliphatic carbocycles. The lowest BCUT2D eigenvalue weighted by atomic mass is 10.2. The highest BCUT2D eigenvalue weighted by Gasteiger charge is 2.16. The van der Waals surface area contributed by atoms with Crippen LogP contribution in [0.1, 0.15) is 19.4 Å². The van der Waals surface area contributed by atoms with Crippen molar-refractivity contribution in [2.24, 2.45) is 0 Å². The van der Waals surface area contributed by atoms with Crippen LogP contribution < -0.4 is 31.8 Å². The molecule has 0 fully saturated rings. The second-order valence-electron chi connectivity index (χ2n) is 10.3. The second-order valence-corrected chi connectivity index (χ2v) is 14.8. The zero-order valence-corrected chi connectivity index (χ0v) is 29.4. The molecule has 0 aliphatic rings. The monoisotopic (exact) mass is 646 g/mol. The van der Waals surface area contributed by atoms with E-state index in [2.05, 4.69) is 201 Å². The van der Waals surface area contributed by atoms with Crippen molar-refractivity contribution in [3.05, 3.63) is 218 Å². The Morgan fingerprint density at radius 1 is 0.234 bits per heavy atom. The maximum Gasteiger partial charge on any atom is -0.0134 e. The first-order valence-electron chi connectivity index (χ1n) is 16.2. The molecule has 0 N–H and O–H groups in total. The van der Waals surface area contributed by atoms with E-state index in [0.29, 0.717) is 0 Å². The molecule has 0 atom stereocenters. The van der Waals surface area contributed by atoms with E-state index in [1.807, 2.05) is 32.0 Å². The van der Waals surface area contributed by atoms with Crippen molar-refractivity contribution in [3.63, 3.8) is 0 Å². The summed E-state index contributed by atoms with van der Waals surface area (Å²) in [5.74, 6) is 0. The van der Waals surface area contributed by atoms with Gasteiger partial charge >= 0.3 is 0 Å². The molecule has 0 nitrogen and oxygen atoms in total. The third-order valence-corrected chi connectivity index (χ3v) is 11.9. The van der Waals surface area contributed by atoms with Gasteiger partial charge < -0.3 is 0 Å². The predicted octanol–water partition coefficient (Wildman–Crippen LogP) is 9.91. The highest BCUT2D eigenvalue weighted by atomic mass is 31.1. The van der Waals surface area contributed by atoms with Crippen LogP contribution in [0.15, 0.2) is 212 Å². The molecule has 0 saturated carbocycles. The summed E-state index contributed by atoms with van der Waals surface area (Å²) in [6, 6.07) is 74.9. The van der Waals surface area contributed by atoms with Crippen molar-refractivity contribution >= 4 is 47.7 Å². The van der Waals surface area contributed by atoms with Gasteiger partial charge in [-0.3, -0.25) is 0 Å². The van der Waals surface area contributed by atoms with Gasteiger partial charge in [0.05, 0.1) is 0 Å². The summed E-state index contributed by atoms with van der Waals surface area (Å²) in [4.78, 5) is 0. The topological polar surface area (TPSA) is 0 Å². The van der Waals surface area contributed by atoms with Gasteiger partial charge in [-0.25, -0.2) is 0 Å². The standard InChI is InChI=1S/2C18H15P.C7H8.C2H6/c2*1-4-10-16(11-5-1)19(17-12-6-2-7-13-17)18-14-8-3-9-15-18;1-7-5-3-2-4-6-7;1-2/h2*1-15H;2-6H,1H3;1-2H3. The van der Waals surface area contributed by atoms with Crippen LogP contribution in [0.2, 0.25) is 0 Å². The molecule has 0 amide bonds. The summed E-state index contributed by atoms with van der Waals surface area (Å²) >= 11 is 0. The van der Waals surface area contributed by atoms with Gasteiger partial charge in [-0.15, -0.1) is 0 Å². The highest BCUT2D eigenvalue weighted by Crippen LogP contribution is 2.33. The molecule has 0 heterocycles. The highest BCUT2D eigenvalue weighted by molar-refractivity contribution is 7.80. The van der Waals surface area contributed by atoms with E-state index in [1.54, 1.807) is 0 Å². The van der Waals surface area contributed by atoms with Crippen LogP contribution in [-0.4, -0.2) is 0 Å². The maximum absolute atomic E-state index is 2.23. The molecule has 0 radical (unpaired) electrons. The molecule has 0 bridgehead atoms. The Balaban J connectivity index is 0.000000170. The average Bonchev–Trinajstić information content (AvgIpc) is 3.16. The van der Waals surface area contributed by atoms with E-state index >= 15 is 0 Å². The van der Waals surface area contributed by atoms with Gasteiger partial charge in [0.1, 0.15) is 0 Å². The van der Waals surface area contributed by atoms with Crippen LogP contribution in [-0.2, 0) is 0 Å². The summed E-state index contributed by atoms with van der Waals surface area (Å²) in [7, 11) is -0.892.